The quantitative estimate of drug-likeness (QED) is 0.425. The Hall–Kier alpha value is -3.68. The van der Waals surface area contributed by atoms with Gasteiger partial charge in [-0.3, -0.25) is 9.97 Å². The molecule has 0 fully saturated rings. The summed E-state index contributed by atoms with van der Waals surface area (Å²) in [6.45, 7) is 4.55. The predicted octanol–water partition coefficient (Wildman–Crippen LogP) is 5.38. The van der Waals surface area contributed by atoms with Crippen LogP contribution in [0, 0.1) is 0 Å². The van der Waals surface area contributed by atoms with E-state index in [9.17, 15) is 4.79 Å². The van der Waals surface area contributed by atoms with Crippen LogP contribution in [0.2, 0.25) is 0 Å². The molecule has 8 nitrogen and oxygen atoms in total. The first-order chi connectivity index (χ1) is 15.1. The van der Waals surface area contributed by atoms with Crippen LogP contribution in [0.5, 0.6) is 5.75 Å². The lowest BCUT2D eigenvalue weighted by Crippen LogP contribution is -2.28. The molecule has 0 radical (unpaired) electrons. The van der Waals surface area contributed by atoms with E-state index in [-0.39, 0.29) is 16.4 Å². The fourth-order valence-electron chi connectivity index (χ4n) is 3.23. The number of nitrogens with zero attached hydrogens (tertiary/aromatic N) is 3. The average molecular weight is 427 g/mol. The summed E-state index contributed by atoms with van der Waals surface area (Å²) < 4.78 is 5.46. The van der Waals surface area contributed by atoms with Gasteiger partial charge in [0.15, 0.2) is 0 Å². The molecule has 1 aromatic carbocycles. The molecule has 3 aromatic rings. The number of hydrogen-bond donors (Lipinski definition) is 3. The number of hydrogen-bond acceptors (Lipinski definition) is 6. The largest absolute Gasteiger partial charge is 0.495 e. The van der Waals surface area contributed by atoms with Gasteiger partial charge in [-0.05, 0) is 37.1 Å². The molecule has 0 bridgehead atoms. The van der Waals surface area contributed by atoms with E-state index in [1.54, 1.807) is 31.8 Å². The van der Waals surface area contributed by atoms with Crippen molar-refractivity contribution in [2.24, 2.45) is 0 Å². The van der Waals surface area contributed by atoms with E-state index in [1.807, 2.05) is 31.3 Å². The normalized spacial score (nSPS) is 11.5. The Labute approximate surface area is 187 Å². The van der Waals surface area contributed by atoms with E-state index >= 15 is 0 Å². The minimum atomic E-state index is -0.281. The van der Waals surface area contributed by atoms with Gasteiger partial charge in [0.25, 0.3) is 0 Å². The van der Waals surface area contributed by atoms with Gasteiger partial charge in [-0.2, -0.15) is 0 Å². The van der Waals surface area contributed by atoms with Crippen molar-refractivity contribution in [3.63, 3.8) is 0 Å². The summed E-state index contributed by atoms with van der Waals surface area (Å²) in [7, 11) is 1.56. The molecule has 3 N–H and O–H groups in total. The topological polar surface area (TPSA) is 101 Å². The molecule has 0 saturated heterocycles. The Morgan fingerprint density at radius 1 is 1.16 bits per heavy atom. The van der Waals surface area contributed by atoms with E-state index in [2.05, 4.69) is 38.9 Å². The van der Waals surface area contributed by atoms with Crippen LogP contribution in [0.1, 0.15) is 42.6 Å². The van der Waals surface area contributed by atoms with Gasteiger partial charge in [0.05, 0.1) is 36.9 Å². The first kappa shape index (κ1) is 22.0. The standard InChI is InChI=1S/C23H28N6O2.3H2/c1-4-7-18(17-8-6-11-24-13-17)27-22-15-25-14-20(28-22)16-9-10-19(21(12-16)31-3)29-23(30)26-5-2;;;/h6,8-15,18H,4-5,7H2,1-3H3,(H,27,28)(H2,26,29,30);3*1H/t18-;;;/m0.../s1. The predicted molar refractivity (Wildman–Crippen MR) is 129 cm³/mol. The molecule has 168 valence electrons. The van der Waals surface area contributed by atoms with Crippen molar-refractivity contribution < 1.29 is 13.8 Å². The van der Waals surface area contributed by atoms with Gasteiger partial charge in [0.1, 0.15) is 11.6 Å². The van der Waals surface area contributed by atoms with Crippen molar-refractivity contribution in [1.29, 1.82) is 0 Å². The van der Waals surface area contributed by atoms with Crippen molar-refractivity contribution >= 4 is 17.5 Å². The molecule has 0 aliphatic heterocycles. The number of urea groups is 1. The Morgan fingerprint density at radius 2 is 2.03 bits per heavy atom. The number of methoxy groups -OCH3 is 1. The van der Waals surface area contributed by atoms with Crippen LogP contribution in [0.15, 0.2) is 55.1 Å². The molecule has 0 aliphatic rings. The summed E-state index contributed by atoms with van der Waals surface area (Å²) in [5.41, 5.74) is 3.23. The summed E-state index contributed by atoms with van der Waals surface area (Å²) in [6.07, 6.45) is 9.03. The lowest BCUT2D eigenvalue weighted by atomic mass is 10.0. The zero-order valence-electron chi connectivity index (χ0n) is 18.1. The number of amides is 2. The van der Waals surface area contributed by atoms with Crippen molar-refractivity contribution in [3.8, 4) is 17.0 Å². The molecule has 0 aliphatic carbocycles. The number of pyridine rings is 1. The molecular formula is C23H34N6O2. The molecular weight excluding hydrogens is 392 g/mol. The van der Waals surface area contributed by atoms with Crippen LogP contribution in [0.3, 0.4) is 0 Å². The van der Waals surface area contributed by atoms with Crippen molar-refractivity contribution in [2.45, 2.75) is 32.7 Å². The number of benzene rings is 1. The van der Waals surface area contributed by atoms with Crippen LogP contribution in [-0.4, -0.2) is 34.6 Å². The third-order valence-corrected chi connectivity index (χ3v) is 4.70. The number of carbonyl (C=O) groups excluding carboxylic acids is 1. The minimum absolute atomic E-state index is 0. The van der Waals surface area contributed by atoms with Crippen LogP contribution in [-0.2, 0) is 0 Å². The minimum Gasteiger partial charge on any atom is -0.495 e. The van der Waals surface area contributed by atoms with Crippen molar-refractivity contribution in [1.82, 2.24) is 20.3 Å². The summed E-state index contributed by atoms with van der Waals surface area (Å²) in [6, 6.07) is 9.31. The van der Waals surface area contributed by atoms with E-state index in [0.717, 1.165) is 24.0 Å². The Bertz CT molecular complexity index is 1010. The van der Waals surface area contributed by atoms with Gasteiger partial charge in [-0.1, -0.05) is 25.5 Å². The van der Waals surface area contributed by atoms with Gasteiger partial charge in [-0.25, -0.2) is 9.78 Å². The highest BCUT2D eigenvalue weighted by atomic mass is 16.5. The fraction of sp³-hybridized carbons (Fsp3) is 0.304. The van der Waals surface area contributed by atoms with E-state index in [4.69, 9.17) is 9.72 Å². The number of ether oxygens (including phenoxy) is 1. The maximum atomic E-state index is 11.8. The molecule has 2 amide bonds. The van der Waals surface area contributed by atoms with E-state index in [1.165, 1.54) is 0 Å². The van der Waals surface area contributed by atoms with Crippen molar-refractivity contribution in [3.05, 3.63) is 60.7 Å². The molecule has 0 saturated carbocycles. The second-order valence-corrected chi connectivity index (χ2v) is 6.96. The number of aromatic nitrogens is 3. The Kier molecular flexibility index (Phi) is 7.75. The molecule has 0 unspecified atom stereocenters. The average Bonchev–Trinajstić information content (AvgIpc) is 2.80. The molecule has 3 rings (SSSR count). The summed E-state index contributed by atoms with van der Waals surface area (Å²) in [5, 5.41) is 8.96. The van der Waals surface area contributed by atoms with Crippen molar-refractivity contribution in [2.75, 3.05) is 24.3 Å². The zero-order chi connectivity index (χ0) is 22.1. The van der Waals surface area contributed by atoms with Crippen LogP contribution in [0.4, 0.5) is 16.3 Å². The van der Waals surface area contributed by atoms with Gasteiger partial charge < -0.3 is 20.7 Å². The lowest BCUT2D eigenvalue weighted by Gasteiger charge is -2.19. The molecule has 2 heterocycles. The van der Waals surface area contributed by atoms with Crippen LogP contribution >= 0.6 is 0 Å². The molecule has 8 heteroatoms. The van der Waals surface area contributed by atoms with E-state index < -0.39 is 0 Å². The van der Waals surface area contributed by atoms with Crippen LogP contribution in [0.25, 0.3) is 11.3 Å². The number of anilines is 2. The smallest absolute Gasteiger partial charge is 0.319 e. The molecule has 31 heavy (non-hydrogen) atoms. The second-order valence-electron chi connectivity index (χ2n) is 6.96. The first-order valence-electron chi connectivity index (χ1n) is 10.4. The SMILES string of the molecule is CCC[C@H](Nc1cncc(-c2ccc(NC(=O)NCC)c(OC)c2)n1)c1cccnc1.[HH].[HH].[HH]. The van der Waals surface area contributed by atoms with Gasteiger partial charge >= 0.3 is 6.03 Å². The maximum Gasteiger partial charge on any atom is 0.319 e. The lowest BCUT2D eigenvalue weighted by molar-refractivity contribution is 0.252. The van der Waals surface area contributed by atoms with Crippen LogP contribution < -0.4 is 20.7 Å². The zero-order valence-corrected chi connectivity index (χ0v) is 18.1. The number of carbonyl (C=O) groups is 1. The third kappa shape index (κ3) is 5.91. The third-order valence-electron chi connectivity index (χ3n) is 4.70. The molecule has 0 spiro atoms. The highest BCUT2D eigenvalue weighted by Crippen LogP contribution is 2.31. The number of nitrogens with one attached hydrogen (secondary N) is 3. The first-order valence-corrected chi connectivity index (χ1v) is 10.4. The fourth-order valence-corrected chi connectivity index (χ4v) is 3.23. The van der Waals surface area contributed by atoms with Gasteiger partial charge in [0.2, 0.25) is 0 Å². The van der Waals surface area contributed by atoms with Gasteiger partial charge in [0, 0.05) is 28.8 Å². The summed E-state index contributed by atoms with van der Waals surface area (Å²) in [4.78, 5) is 25.2. The number of rotatable bonds is 9. The summed E-state index contributed by atoms with van der Waals surface area (Å²) >= 11 is 0. The monoisotopic (exact) mass is 426 g/mol. The Morgan fingerprint density at radius 3 is 2.74 bits per heavy atom. The molecule has 2 aromatic heterocycles. The Balaban J connectivity index is 0.00000363. The molecule has 1 atom stereocenters. The van der Waals surface area contributed by atoms with Gasteiger partial charge in [-0.15, -0.1) is 0 Å². The maximum absolute atomic E-state index is 11.8. The highest BCUT2D eigenvalue weighted by molar-refractivity contribution is 5.91. The highest BCUT2D eigenvalue weighted by Gasteiger charge is 2.13. The second kappa shape index (κ2) is 10.9. The van der Waals surface area contributed by atoms with E-state index in [0.29, 0.717) is 29.5 Å². The summed E-state index contributed by atoms with van der Waals surface area (Å²) in [5.74, 6) is 1.23.